The first kappa shape index (κ1) is 8.97. The molecule has 1 fully saturated rings. The standard InChI is InChI=1S/C8H18N2O/c1-8(2,3)6-4-9-7(11)10-5-6/h6-7,9-11H,4-5H2,1-3H3. The fourth-order valence-corrected chi connectivity index (χ4v) is 1.26. The van der Waals surface area contributed by atoms with Crippen molar-refractivity contribution < 1.29 is 5.11 Å². The first-order valence-corrected chi connectivity index (χ1v) is 4.15. The minimum Gasteiger partial charge on any atom is -0.365 e. The highest BCUT2D eigenvalue weighted by atomic mass is 16.3. The fourth-order valence-electron chi connectivity index (χ4n) is 1.26. The zero-order chi connectivity index (χ0) is 8.48. The van der Waals surface area contributed by atoms with Crippen LogP contribution in [0.15, 0.2) is 0 Å². The van der Waals surface area contributed by atoms with E-state index in [0.717, 1.165) is 13.1 Å². The van der Waals surface area contributed by atoms with Crippen LogP contribution in [0.1, 0.15) is 20.8 Å². The normalized spacial score (nSPS) is 33.8. The van der Waals surface area contributed by atoms with E-state index in [1.807, 2.05) is 0 Å². The van der Waals surface area contributed by atoms with Gasteiger partial charge >= 0.3 is 0 Å². The number of aliphatic hydroxyl groups excluding tert-OH is 1. The van der Waals surface area contributed by atoms with Gasteiger partial charge in [-0.3, -0.25) is 10.6 Å². The van der Waals surface area contributed by atoms with Gasteiger partial charge in [0.25, 0.3) is 0 Å². The van der Waals surface area contributed by atoms with Crippen molar-refractivity contribution in [3.8, 4) is 0 Å². The van der Waals surface area contributed by atoms with Gasteiger partial charge in [0, 0.05) is 13.1 Å². The summed E-state index contributed by atoms with van der Waals surface area (Å²) in [5, 5.41) is 15.0. The minimum absolute atomic E-state index is 0.320. The van der Waals surface area contributed by atoms with Crippen molar-refractivity contribution in [2.75, 3.05) is 13.1 Å². The summed E-state index contributed by atoms with van der Waals surface area (Å²) in [7, 11) is 0. The number of hydrogen-bond donors (Lipinski definition) is 3. The smallest absolute Gasteiger partial charge is 0.160 e. The third-order valence-corrected chi connectivity index (χ3v) is 2.34. The number of aliphatic hydroxyl groups is 1. The molecule has 1 aliphatic rings. The van der Waals surface area contributed by atoms with Crippen LogP contribution < -0.4 is 10.6 Å². The molecule has 0 atom stereocenters. The van der Waals surface area contributed by atoms with Gasteiger partial charge in [0.05, 0.1) is 0 Å². The molecule has 0 aliphatic carbocycles. The summed E-state index contributed by atoms with van der Waals surface area (Å²) >= 11 is 0. The monoisotopic (exact) mass is 158 g/mol. The van der Waals surface area contributed by atoms with Gasteiger partial charge in [-0.05, 0) is 11.3 Å². The molecule has 3 nitrogen and oxygen atoms in total. The van der Waals surface area contributed by atoms with E-state index in [1.54, 1.807) is 0 Å². The molecule has 1 rings (SSSR count). The molecule has 0 amide bonds. The Balaban J connectivity index is 2.39. The summed E-state index contributed by atoms with van der Waals surface area (Å²) in [6.07, 6.45) is -0.506. The largest absolute Gasteiger partial charge is 0.365 e. The molecule has 66 valence electrons. The average Bonchev–Trinajstić information content (AvgIpc) is 1.86. The van der Waals surface area contributed by atoms with Gasteiger partial charge in [-0.25, -0.2) is 0 Å². The van der Waals surface area contributed by atoms with E-state index in [4.69, 9.17) is 5.11 Å². The van der Waals surface area contributed by atoms with E-state index < -0.39 is 6.35 Å². The lowest BCUT2D eigenvalue weighted by molar-refractivity contribution is 0.0440. The molecule has 0 bridgehead atoms. The van der Waals surface area contributed by atoms with Gasteiger partial charge < -0.3 is 5.11 Å². The van der Waals surface area contributed by atoms with Crippen LogP contribution in [0.2, 0.25) is 0 Å². The predicted molar refractivity (Wildman–Crippen MR) is 45.0 cm³/mol. The summed E-state index contributed by atoms with van der Waals surface area (Å²) in [5.74, 6) is 0.603. The van der Waals surface area contributed by atoms with Crippen LogP contribution in [0, 0.1) is 11.3 Å². The maximum absolute atomic E-state index is 9.07. The highest BCUT2D eigenvalue weighted by molar-refractivity contribution is 4.81. The molecule has 3 heteroatoms. The Labute approximate surface area is 68.2 Å². The zero-order valence-corrected chi connectivity index (χ0v) is 7.52. The zero-order valence-electron chi connectivity index (χ0n) is 7.52. The Bertz CT molecular complexity index is 123. The lowest BCUT2D eigenvalue weighted by Crippen LogP contribution is -2.55. The molecular formula is C8H18N2O. The Morgan fingerprint density at radius 3 is 2.00 bits per heavy atom. The Morgan fingerprint density at radius 1 is 1.18 bits per heavy atom. The molecule has 0 spiro atoms. The maximum atomic E-state index is 9.07. The molecule has 0 aromatic rings. The Kier molecular flexibility index (Phi) is 2.52. The van der Waals surface area contributed by atoms with E-state index in [9.17, 15) is 0 Å². The minimum atomic E-state index is -0.506. The Morgan fingerprint density at radius 2 is 1.64 bits per heavy atom. The van der Waals surface area contributed by atoms with Crippen molar-refractivity contribution in [2.45, 2.75) is 27.1 Å². The molecule has 1 aliphatic heterocycles. The molecule has 0 aromatic carbocycles. The molecule has 0 radical (unpaired) electrons. The van der Waals surface area contributed by atoms with Gasteiger partial charge in [-0.15, -0.1) is 0 Å². The number of rotatable bonds is 0. The van der Waals surface area contributed by atoms with Gasteiger partial charge in [0.2, 0.25) is 0 Å². The van der Waals surface area contributed by atoms with E-state index >= 15 is 0 Å². The molecule has 0 aromatic heterocycles. The van der Waals surface area contributed by atoms with Crippen molar-refractivity contribution >= 4 is 0 Å². The van der Waals surface area contributed by atoms with Gasteiger partial charge in [-0.1, -0.05) is 20.8 Å². The van der Waals surface area contributed by atoms with Gasteiger partial charge in [-0.2, -0.15) is 0 Å². The SMILES string of the molecule is CC(C)(C)C1CNC(O)NC1. The summed E-state index contributed by atoms with van der Waals surface area (Å²) < 4.78 is 0. The third kappa shape index (κ3) is 2.43. The third-order valence-electron chi connectivity index (χ3n) is 2.34. The van der Waals surface area contributed by atoms with E-state index in [1.165, 1.54) is 0 Å². The van der Waals surface area contributed by atoms with E-state index in [0.29, 0.717) is 11.3 Å². The first-order valence-electron chi connectivity index (χ1n) is 4.15. The van der Waals surface area contributed by atoms with Crippen LogP contribution in [0.3, 0.4) is 0 Å². The van der Waals surface area contributed by atoms with E-state index in [-0.39, 0.29) is 0 Å². The average molecular weight is 158 g/mol. The highest BCUT2D eigenvalue weighted by Gasteiger charge is 2.27. The summed E-state index contributed by atoms with van der Waals surface area (Å²) in [6, 6.07) is 0. The molecule has 1 heterocycles. The topological polar surface area (TPSA) is 44.3 Å². The summed E-state index contributed by atoms with van der Waals surface area (Å²) in [6.45, 7) is 8.46. The second-order valence-electron chi connectivity index (χ2n) is 4.28. The lowest BCUT2D eigenvalue weighted by Gasteiger charge is -2.36. The summed E-state index contributed by atoms with van der Waals surface area (Å²) in [4.78, 5) is 0. The second-order valence-corrected chi connectivity index (χ2v) is 4.28. The Hall–Kier alpha value is -0.120. The van der Waals surface area contributed by atoms with Crippen LogP contribution in [0.5, 0.6) is 0 Å². The van der Waals surface area contributed by atoms with Crippen LogP contribution >= 0.6 is 0 Å². The molecule has 0 unspecified atom stereocenters. The maximum Gasteiger partial charge on any atom is 0.160 e. The number of nitrogens with one attached hydrogen (secondary N) is 2. The molecule has 1 saturated heterocycles. The molecule has 0 saturated carbocycles. The molecular weight excluding hydrogens is 140 g/mol. The van der Waals surface area contributed by atoms with Crippen LogP contribution in [-0.4, -0.2) is 24.5 Å². The molecule has 3 N–H and O–H groups in total. The quantitative estimate of drug-likeness (QED) is 0.469. The van der Waals surface area contributed by atoms with Crippen molar-refractivity contribution in [1.82, 2.24) is 10.6 Å². The highest BCUT2D eigenvalue weighted by Crippen LogP contribution is 2.25. The van der Waals surface area contributed by atoms with Gasteiger partial charge in [0.1, 0.15) is 0 Å². The first-order chi connectivity index (χ1) is 5.00. The van der Waals surface area contributed by atoms with Crippen LogP contribution in [0.4, 0.5) is 0 Å². The lowest BCUT2D eigenvalue weighted by atomic mass is 9.80. The second kappa shape index (κ2) is 3.09. The van der Waals surface area contributed by atoms with Gasteiger partial charge in [0.15, 0.2) is 6.35 Å². The fraction of sp³-hybridized carbons (Fsp3) is 1.00. The van der Waals surface area contributed by atoms with Crippen molar-refractivity contribution in [3.05, 3.63) is 0 Å². The summed E-state index contributed by atoms with van der Waals surface area (Å²) in [5.41, 5.74) is 0.320. The predicted octanol–water partition coefficient (Wildman–Crippen LogP) is 0.117. The molecule has 11 heavy (non-hydrogen) atoms. The van der Waals surface area contributed by atoms with Crippen LogP contribution in [-0.2, 0) is 0 Å². The van der Waals surface area contributed by atoms with Crippen molar-refractivity contribution in [3.63, 3.8) is 0 Å². The number of hydrogen-bond acceptors (Lipinski definition) is 3. The van der Waals surface area contributed by atoms with Crippen LogP contribution in [0.25, 0.3) is 0 Å². The van der Waals surface area contributed by atoms with E-state index in [2.05, 4.69) is 31.4 Å². The van der Waals surface area contributed by atoms with Crippen molar-refractivity contribution in [2.24, 2.45) is 11.3 Å². The van der Waals surface area contributed by atoms with Crippen molar-refractivity contribution in [1.29, 1.82) is 0 Å².